The first-order valence-electron chi connectivity index (χ1n) is 25.5. The van der Waals surface area contributed by atoms with Gasteiger partial charge in [0, 0.05) is 44.4 Å². The maximum absolute atomic E-state index is 7.35. The lowest BCUT2D eigenvalue weighted by atomic mass is 9.41. The molecule has 4 heterocycles. The molecule has 1 aromatic heterocycles. The van der Waals surface area contributed by atoms with Gasteiger partial charge in [-0.3, -0.25) is 0 Å². The standard InChI is InChI=1S/C68H51BN2O/c1-66(2,3)45-36-38-56(49(40-45)42-22-9-6-10-23-42)70-58-39-37-54-60(48-29-15-17-31-52(48)67(54,4)5)62(58)69-61-50(41-51-46-28-16-20-35-59(46)72-65(51)64(61)70)47-30-21-33-55-63(47)71(69)57-34-19-18-32-53(57)68(55,43-24-11-7-12-25-43)44-26-13-8-14-27-44/h6-41H,1-5H3. The minimum absolute atomic E-state index is 0.0707. The number of para-hydroxylation sites is 3. The van der Waals surface area contributed by atoms with Crippen LogP contribution in [0.4, 0.5) is 28.4 Å². The average Bonchev–Trinajstić information content (AvgIpc) is 3.91. The Morgan fingerprint density at radius 1 is 0.444 bits per heavy atom. The van der Waals surface area contributed by atoms with Crippen LogP contribution in [-0.2, 0) is 16.2 Å². The Balaban J connectivity index is 1.17. The van der Waals surface area contributed by atoms with Crippen LogP contribution in [0.2, 0.25) is 0 Å². The summed E-state index contributed by atoms with van der Waals surface area (Å²) in [5.74, 6) is 0. The van der Waals surface area contributed by atoms with Gasteiger partial charge in [-0.15, -0.1) is 0 Å². The summed E-state index contributed by atoms with van der Waals surface area (Å²) in [5.41, 5.74) is 25.8. The highest BCUT2D eigenvalue weighted by atomic mass is 16.3. The largest absolute Gasteiger partial charge is 0.454 e. The molecular weight excluding hydrogens is 872 g/mol. The second-order valence-corrected chi connectivity index (χ2v) is 21.9. The fourth-order valence-electron chi connectivity index (χ4n) is 13.7. The number of furan rings is 1. The summed E-state index contributed by atoms with van der Waals surface area (Å²) >= 11 is 0. The highest BCUT2D eigenvalue weighted by molar-refractivity contribution is 6.95. The van der Waals surface area contributed by atoms with Crippen molar-refractivity contribution in [3.8, 4) is 33.4 Å². The van der Waals surface area contributed by atoms with Crippen LogP contribution in [0, 0.1) is 0 Å². The Morgan fingerprint density at radius 2 is 1.07 bits per heavy atom. The third-order valence-electron chi connectivity index (χ3n) is 16.9. The summed E-state index contributed by atoms with van der Waals surface area (Å²) in [7, 11) is 0. The fraction of sp³-hybridized carbons (Fsp3) is 0.118. The third-order valence-corrected chi connectivity index (χ3v) is 16.9. The molecule has 0 spiro atoms. The van der Waals surface area contributed by atoms with Crippen LogP contribution in [0.5, 0.6) is 0 Å². The van der Waals surface area contributed by atoms with Crippen molar-refractivity contribution in [1.29, 1.82) is 0 Å². The van der Waals surface area contributed by atoms with Gasteiger partial charge in [0.1, 0.15) is 5.58 Å². The van der Waals surface area contributed by atoms with E-state index >= 15 is 0 Å². The number of hydrogen-bond acceptors (Lipinski definition) is 3. The van der Waals surface area contributed by atoms with E-state index in [1.165, 1.54) is 100 Å². The Labute approximate surface area is 421 Å². The number of fused-ring (bicyclic) bond motifs is 14. The molecule has 3 aliphatic heterocycles. The lowest BCUT2D eigenvalue weighted by Crippen LogP contribution is -2.63. The van der Waals surface area contributed by atoms with E-state index in [1.54, 1.807) is 0 Å². The van der Waals surface area contributed by atoms with Crippen molar-refractivity contribution >= 4 is 68.1 Å². The Bertz CT molecular complexity index is 4030. The molecule has 0 radical (unpaired) electrons. The number of anilines is 5. The van der Waals surface area contributed by atoms with Gasteiger partial charge in [0.25, 0.3) is 0 Å². The van der Waals surface area contributed by atoms with Crippen molar-refractivity contribution in [2.24, 2.45) is 0 Å². The molecule has 3 nitrogen and oxygen atoms in total. The SMILES string of the molecule is CC(C)(C)c1ccc(N2c3ccc4c(c3B3c5c(cc6c(oc7ccccc76)c52)-c2cccc5c2N3c2ccccc2C5(c2ccccc2)c2ccccc2)-c2ccccc2C4(C)C)c(-c2ccccc2)c1. The summed E-state index contributed by atoms with van der Waals surface area (Å²) < 4.78 is 7.35. The number of rotatable bonds is 4. The molecule has 15 rings (SSSR count). The van der Waals surface area contributed by atoms with Gasteiger partial charge in [-0.1, -0.05) is 217 Å². The van der Waals surface area contributed by atoms with Gasteiger partial charge in [0.2, 0.25) is 0 Å². The van der Waals surface area contributed by atoms with Crippen LogP contribution in [0.3, 0.4) is 0 Å². The minimum Gasteiger partial charge on any atom is -0.454 e. The first-order chi connectivity index (χ1) is 35.2. The predicted octanol–water partition coefficient (Wildman–Crippen LogP) is 16.3. The molecule has 342 valence electrons. The van der Waals surface area contributed by atoms with E-state index in [4.69, 9.17) is 4.42 Å². The number of benzene rings is 10. The van der Waals surface area contributed by atoms with E-state index in [2.05, 4.69) is 263 Å². The lowest BCUT2D eigenvalue weighted by Gasteiger charge is -2.53. The van der Waals surface area contributed by atoms with Gasteiger partial charge in [-0.05, 0) is 114 Å². The zero-order chi connectivity index (χ0) is 48.3. The molecule has 10 aromatic carbocycles. The molecular formula is C68H51BN2O. The van der Waals surface area contributed by atoms with Crippen molar-refractivity contribution in [2.45, 2.75) is 50.9 Å². The van der Waals surface area contributed by atoms with Crippen molar-refractivity contribution in [1.82, 2.24) is 0 Å². The van der Waals surface area contributed by atoms with E-state index in [0.29, 0.717) is 0 Å². The van der Waals surface area contributed by atoms with Crippen LogP contribution in [0.1, 0.15) is 73.6 Å². The van der Waals surface area contributed by atoms with E-state index in [0.717, 1.165) is 33.3 Å². The molecule has 0 amide bonds. The molecule has 0 unspecified atom stereocenters. The maximum atomic E-state index is 7.35. The van der Waals surface area contributed by atoms with E-state index < -0.39 is 5.41 Å². The highest BCUT2D eigenvalue weighted by Gasteiger charge is 2.56. The molecule has 0 bridgehead atoms. The van der Waals surface area contributed by atoms with Crippen LogP contribution >= 0.6 is 0 Å². The van der Waals surface area contributed by atoms with E-state index in [9.17, 15) is 0 Å². The summed E-state index contributed by atoms with van der Waals surface area (Å²) in [6, 6.07) is 82.3. The smallest absolute Gasteiger partial charge is 0.333 e. The molecule has 72 heavy (non-hydrogen) atoms. The Morgan fingerprint density at radius 3 is 1.82 bits per heavy atom. The van der Waals surface area contributed by atoms with Crippen molar-refractivity contribution in [3.63, 3.8) is 0 Å². The third kappa shape index (κ3) is 5.31. The van der Waals surface area contributed by atoms with E-state index in [-0.39, 0.29) is 17.7 Å². The normalized spacial score (nSPS) is 15.2. The maximum Gasteiger partial charge on any atom is 0.333 e. The number of nitrogens with zero attached hydrogens (tertiary/aromatic N) is 2. The van der Waals surface area contributed by atoms with Crippen molar-refractivity contribution < 1.29 is 4.42 Å². The van der Waals surface area contributed by atoms with Crippen molar-refractivity contribution in [3.05, 3.63) is 257 Å². The molecule has 4 heteroatoms. The van der Waals surface area contributed by atoms with Gasteiger partial charge in [0.05, 0.1) is 16.8 Å². The first kappa shape index (κ1) is 41.4. The number of hydrogen-bond donors (Lipinski definition) is 0. The topological polar surface area (TPSA) is 19.6 Å². The summed E-state index contributed by atoms with van der Waals surface area (Å²) in [5, 5.41) is 2.23. The first-order valence-corrected chi connectivity index (χ1v) is 25.5. The van der Waals surface area contributed by atoms with Gasteiger partial charge >= 0.3 is 6.85 Å². The van der Waals surface area contributed by atoms with Crippen LogP contribution in [-0.4, -0.2) is 6.85 Å². The van der Waals surface area contributed by atoms with Gasteiger partial charge in [0.15, 0.2) is 5.58 Å². The fourth-order valence-corrected chi connectivity index (χ4v) is 13.7. The highest BCUT2D eigenvalue weighted by Crippen LogP contribution is 2.62. The van der Waals surface area contributed by atoms with Crippen LogP contribution in [0.15, 0.2) is 223 Å². The van der Waals surface area contributed by atoms with Crippen molar-refractivity contribution in [2.75, 3.05) is 9.71 Å². The molecule has 1 aliphatic carbocycles. The summed E-state index contributed by atoms with van der Waals surface area (Å²) in [6.07, 6.45) is 0. The molecule has 0 saturated carbocycles. The Hall–Kier alpha value is -8.34. The van der Waals surface area contributed by atoms with Gasteiger partial charge in [-0.2, -0.15) is 0 Å². The van der Waals surface area contributed by atoms with Gasteiger partial charge < -0.3 is 14.1 Å². The molecule has 0 N–H and O–H groups in total. The molecule has 0 fully saturated rings. The summed E-state index contributed by atoms with van der Waals surface area (Å²) in [6.45, 7) is 11.5. The zero-order valence-electron chi connectivity index (χ0n) is 41.2. The molecule has 11 aromatic rings. The summed E-state index contributed by atoms with van der Waals surface area (Å²) in [4.78, 5) is 5.37. The van der Waals surface area contributed by atoms with E-state index in [1.807, 2.05) is 0 Å². The lowest BCUT2D eigenvalue weighted by molar-refractivity contribution is 0.590. The second-order valence-electron chi connectivity index (χ2n) is 21.9. The molecule has 0 saturated heterocycles. The molecule has 0 atom stereocenters. The average molecular weight is 923 g/mol. The second kappa shape index (κ2) is 14.6. The Kier molecular flexibility index (Phi) is 8.42. The van der Waals surface area contributed by atoms with Crippen LogP contribution in [0.25, 0.3) is 55.3 Å². The quantitative estimate of drug-likeness (QED) is 0.164. The molecule has 4 aliphatic rings. The monoisotopic (exact) mass is 922 g/mol. The predicted molar refractivity (Wildman–Crippen MR) is 301 cm³/mol. The zero-order valence-corrected chi connectivity index (χ0v) is 41.2. The van der Waals surface area contributed by atoms with Crippen LogP contribution < -0.4 is 20.6 Å². The minimum atomic E-state index is -0.621. The van der Waals surface area contributed by atoms with Gasteiger partial charge in [-0.25, -0.2) is 0 Å².